The molecule has 0 fully saturated rings. The van der Waals surface area contributed by atoms with Crippen LogP contribution in [-0.2, 0) is 0 Å². The highest BCUT2D eigenvalue weighted by Gasteiger charge is 2.18. The molecule has 1 amide bonds. The van der Waals surface area contributed by atoms with Crippen molar-refractivity contribution in [3.63, 3.8) is 0 Å². The van der Waals surface area contributed by atoms with E-state index in [4.69, 9.17) is 15.7 Å². The number of thiophene rings is 1. The van der Waals surface area contributed by atoms with Crippen LogP contribution in [-0.4, -0.2) is 30.1 Å². The first-order valence-corrected chi connectivity index (χ1v) is 6.41. The van der Waals surface area contributed by atoms with E-state index in [0.29, 0.717) is 17.0 Å². The van der Waals surface area contributed by atoms with Crippen molar-refractivity contribution in [2.45, 2.75) is 25.8 Å². The number of nitrogens with zero attached hydrogens (tertiary/aromatic N) is 1. The zero-order valence-electron chi connectivity index (χ0n) is 10.3. The average Bonchev–Trinajstić information content (AvgIpc) is 2.86. The summed E-state index contributed by atoms with van der Waals surface area (Å²) in [6, 6.07) is 1.19. The molecule has 1 unspecified atom stereocenters. The lowest BCUT2D eigenvalue weighted by Crippen LogP contribution is -2.44. The predicted molar refractivity (Wildman–Crippen MR) is 70.4 cm³/mol. The minimum atomic E-state index is -0.458. The molecule has 0 spiro atoms. The third-order valence-electron chi connectivity index (χ3n) is 2.39. The van der Waals surface area contributed by atoms with E-state index in [1.807, 2.05) is 6.92 Å². The maximum atomic E-state index is 11.9. The van der Waals surface area contributed by atoms with Gasteiger partial charge in [0.25, 0.3) is 5.91 Å². The van der Waals surface area contributed by atoms with E-state index in [9.17, 15) is 4.79 Å². The molecule has 0 saturated carbocycles. The van der Waals surface area contributed by atoms with Crippen molar-refractivity contribution in [3.05, 3.63) is 16.3 Å². The molecule has 0 aliphatic rings. The molecule has 1 aromatic heterocycles. The Bertz CT molecular complexity index is 431. The van der Waals surface area contributed by atoms with Crippen molar-refractivity contribution in [1.82, 2.24) is 5.32 Å². The van der Waals surface area contributed by atoms with Gasteiger partial charge in [-0.15, -0.1) is 11.3 Å². The number of carbonyl (C=O) groups excluding carboxylic acids is 1. The molecule has 1 rings (SSSR count). The minimum absolute atomic E-state index is 0.00808. The van der Waals surface area contributed by atoms with E-state index >= 15 is 0 Å². The van der Waals surface area contributed by atoms with Crippen molar-refractivity contribution in [2.24, 2.45) is 10.9 Å². The van der Waals surface area contributed by atoms with Crippen LogP contribution in [0.15, 0.2) is 16.6 Å². The quantitative estimate of drug-likeness (QED) is 0.315. The summed E-state index contributed by atoms with van der Waals surface area (Å²) in [6.07, 6.45) is 1.43. The summed E-state index contributed by atoms with van der Waals surface area (Å²) in [5, 5.41) is 16.1. The minimum Gasteiger partial charge on any atom is -0.496 e. The summed E-state index contributed by atoms with van der Waals surface area (Å²) >= 11 is 1.28. The Morgan fingerprint density at radius 1 is 1.72 bits per heavy atom. The van der Waals surface area contributed by atoms with Gasteiger partial charge in [-0.3, -0.25) is 4.79 Å². The third kappa shape index (κ3) is 3.63. The monoisotopic (exact) mass is 271 g/mol. The van der Waals surface area contributed by atoms with Gasteiger partial charge in [-0.1, -0.05) is 18.5 Å². The second-order valence-electron chi connectivity index (χ2n) is 3.69. The number of rotatable bonds is 6. The Kier molecular flexibility index (Phi) is 5.44. The molecule has 7 heteroatoms. The van der Waals surface area contributed by atoms with Crippen LogP contribution in [0.3, 0.4) is 0 Å². The van der Waals surface area contributed by atoms with Gasteiger partial charge in [0.05, 0.1) is 18.0 Å². The fraction of sp³-hybridized carbons (Fsp3) is 0.455. The van der Waals surface area contributed by atoms with Gasteiger partial charge in [0, 0.05) is 11.4 Å². The molecule has 1 atom stereocenters. The van der Waals surface area contributed by atoms with Gasteiger partial charge in [0.15, 0.2) is 5.84 Å². The van der Waals surface area contributed by atoms with E-state index in [-0.39, 0.29) is 11.7 Å². The maximum absolute atomic E-state index is 11.9. The molecule has 4 N–H and O–H groups in total. The smallest absolute Gasteiger partial charge is 0.262 e. The first-order valence-electron chi connectivity index (χ1n) is 5.53. The zero-order valence-corrected chi connectivity index (χ0v) is 11.2. The first-order chi connectivity index (χ1) is 8.62. The molecule has 1 heterocycles. The third-order valence-corrected chi connectivity index (χ3v) is 3.30. The molecule has 0 aromatic carbocycles. The average molecular weight is 271 g/mol. The summed E-state index contributed by atoms with van der Waals surface area (Å²) in [5.41, 5.74) is 5.53. The van der Waals surface area contributed by atoms with Crippen LogP contribution >= 0.6 is 11.3 Å². The fourth-order valence-electron chi connectivity index (χ4n) is 1.43. The predicted octanol–water partition coefficient (Wildman–Crippen LogP) is 1.40. The van der Waals surface area contributed by atoms with Crippen molar-refractivity contribution in [3.8, 4) is 5.75 Å². The molecule has 18 heavy (non-hydrogen) atoms. The number of carbonyl (C=O) groups is 1. The second kappa shape index (κ2) is 6.85. The van der Waals surface area contributed by atoms with Gasteiger partial charge >= 0.3 is 0 Å². The van der Waals surface area contributed by atoms with Gasteiger partial charge in [0.2, 0.25) is 0 Å². The summed E-state index contributed by atoms with van der Waals surface area (Å²) in [4.78, 5) is 12.5. The standard InChI is InChI=1S/C11H17N3O3S/c1-3-4-8(10(12)14-16)13-11(15)9-5-7(17-2)6-18-9/h5-6,8,16H,3-4H2,1-2H3,(H2,12,14)(H,13,15). The van der Waals surface area contributed by atoms with Crippen LogP contribution in [0, 0.1) is 0 Å². The van der Waals surface area contributed by atoms with Crippen molar-refractivity contribution >= 4 is 23.1 Å². The molecule has 0 radical (unpaired) electrons. The van der Waals surface area contributed by atoms with Crippen molar-refractivity contribution in [2.75, 3.05) is 7.11 Å². The number of hydrogen-bond donors (Lipinski definition) is 3. The van der Waals surface area contributed by atoms with Gasteiger partial charge in [-0.2, -0.15) is 0 Å². The van der Waals surface area contributed by atoms with Gasteiger partial charge in [-0.05, 0) is 6.42 Å². The number of ether oxygens (including phenoxy) is 1. The molecule has 0 aliphatic heterocycles. The van der Waals surface area contributed by atoms with E-state index in [2.05, 4.69) is 10.5 Å². The first kappa shape index (κ1) is 14.3. The number of nitrogens with one attached hydrogen (secondary N) is 1. The van der Waals surface area contributed by atoms with Crippen LogP contribution in [0.2, 0.25) is 0 Å². The Balaban J connectivity index is 2.71. The van der Waals surface area contributed by atoms with Crippen LogP contribution < -0.4 is 15.8 Å². The highest BCUT2D eigenvalue weighted by atomic mass is 32.1. The Morgan fingerprint density at radius 2 is 2.44 bits per heavy atom. The number of amidine groups is 1. The molecule has 100 valence electrons. The Labute approximate surface area is 109 Å². The highest BCUT2D eigenvalue weighted by molar-refractivity contribution is 7.12. The lowest BCUT2D eigenvalue weighted by Gasteiger charge is -2.15. The van der Waals surface area contributed by atoms with E-state index in [1.54, 1.807) is 18.6 Å². The molecule has 6 nitrogen and oxygen atoms in total. The molecule has 0 aliphatic carbocycles. The van der Waals surface area contributed by atoms with E-state index in [0.717, 1.165) is 6.42 Å². The van der Waals surface area contributed by atoms with Crippen molar-refractivity contribution < 1.29 is 14.7 Å². The van der Waals surface area contributed by atoms with Crippen LogP contribution in [0.4, 0.5) is 0 Å². The molecular formula is C11H17N3O3S. The normalized spacial score (nSPS) is 13.1. The Hall–Kier alpha value is -1.76. The highest BCUT2D eigenvalue weighted by Crippen LogP contribution is 2.21. The number of nitrogens with two attached hydrogens (primary N) is 1. The number of methoxy groups -OCH3 is 1. The summed E-state index contributed by atoms with van der Waals surface area (Å²) in [7, 11) is 1.54. The zero-order chi connectivity index (χ0) is 13.5. The number of oxime groups is 1. The van der Waals surface area contributed by atoms with Crippen molar-refractivity contribution in [1.29, 1.82) is 0 Å². The summed E-state index contributed by atoms with van der Waals surface area (Å²) in [6.45, 7) is 1.96. The molecule has 0 saturated heterocycles. The fourth-order valence-corrected chi connectivity index (χ4v) is 2.18. The maximum Gasteiger partial charge on any atom is 0.262 e. The van der Waals surface area contributed by atoms with E-state index < -0.39 is 6.04 Å². The topological polar surface area (TPSA) is 96.9 Å². The second-order valence-corrected chi connectivity index (χ2v) is 4.60. The lowest BCUT2D eigenvalue weighted by molar-refractivity contribution is 0.0948. The van der Waals surface area contributed by atoms with Crippen LogP contribution in [0.5, 0.6) is 5.75 Å². The van der Waals surface area contributed by atoms with Crippen LogP contribution in [0.25, 0.3) is 0 Å². The van der Waals surface area contributed by atoms with Gasteiger partial charge < -0.3 is 21.0 Å². The Morgan fingerprint density at radius 3 is 2.94 bits per heavy atom. The van der Waals surface area contributed by atoms with Gasteiger partial charge in [0.1, 0.15) is 5.75 Å². The van der Waals surface area contributed by atoms with E-state index in [1.165, 1.54) is 11.3 Å². The largest absolute Gasteiger partial charge is 0.496 e. The summed E-state index contributed by atoms with van der Waals surface area (Å²) < 4.78 is 5.01. The molecular weight excluding hydrogens is 254 g/mol. The molecule has 1 aromatic rings. The summed E-state index contributed by atoms with van der Waals surface area (Å²) in [5.74, 6) is 0.392. The number of amides is 1. The van der Waals surface area contributed by atoms with Gasteiger partial charge in [-0.25, -0.2) is 0 Å². The molecule has 0 bridgehead atoms. The van der Waals surface area contributed by atoms with Crippen LogP contribution in [0.1, 0.15) is 29.4 Å². The lowest BCUT2D eigenvalue weighted by atomic mass is 10.1. The number of hydrogen-bond acceptors (Lipinski definition) is 5. The SMILES string of the molecule is CCCC(NC(=O)c1cc(OC)cs1)C(N)=NO.